The molecule has 112 valence electrons. The summed E-state index contributed by atoms with van der Waals surface area (Å²) in [7, 11) is 0. The number of aryl methyl sites for hydroxylation is 1. The molecule has 2 N–H and O–H groups in total. The summed E-state index contributed by atoms with van der Waals surface area (Å²) in [5.74, 6) is 0.0212. The van der Waals surface area contributed by atoms with E-state index in [1.165, 1.54) is 12.8 Å². The van der Waals surface area contributed by atoms with E-state index in [-0.39, 0.29) is 18.6 Å². The van der Waals surface area contributed by atoms with Crippen molar-refractivity contribution in [2.75, 3.05) is 26.2 Å². The second kappa shape index (κ2) is 7.71. The summed E-state index contributed by atoms with van der Waals surface area (Å²) >= 11 is 1.57. The Labute approximate surface area is 124 Å². The number of amides is 1. The maximum atomic E-state index is 11.8. The molecule has 1 aliphatic rings. The van der Waals surface area contributed by atoms with Crippen molar-refractivity contribution in [3.8, 4) is 0 Å². The molecule has 5 nitrogen and oxygen atoms in total. The lowest BCUT2D eigenvalue weighted by molar-refractivity contribution is -0.120. The Morgan fingerprint density at radius 1 is 1.60 bits per heavy atom. The van der Waals surface area contributed by atoms with Crippen LogP contribution < -0.4 is 5.32 Å². The van der Waals surface area contributed by atoms with Crippen LogP contribution in [-0.4, -0.2) is 53.2 Å². The quantitative estimate of drug-likeness (QED) is 0.821. The third-order valence-electron chi connectivity index (χ3n) is 3.69. The number of hydrogen-bond donors (Lipinski definition) is 2. The number of aliphatic hydroxyl groups is 1. The van der Waals surface area contributed by atoms with Crippen LogP contribution in [0.3, 0.4) is 0 Å². The highest BCUT2D eigenvalue weighted by Crippen LogP contribution is 2.15. The Hall–Kier alpha value is -0.980. The van der Waals surface area contributed by atoms with Crippen LogP contribution in [0.25, 0.3) is 0 Å². The third kappa shape index (κ3) is 4.54. The molecule has 20 heavy (non-hydrogen) atoms. The van der Waals surface area contributed by atoms with Gasteiger partial charge in [-0.15, -0.1) is 11.3 Å². The summed E-state index contributed by atoms with van der Waals surface area (Å²) in [5, 5.41) is 15.2. The van der Waals surface area contributed by atoms with E-state index in [1.807, 2.05) is 12.3 Å². The van der Waals surface area contributed by atoms with Crippen LogP contribution in [0, 0.1) is 6.92 Å². The smallest absolute Gasteiger partial charge is 0.226 e. The zero-order valence-corrected chi connectivity index (χ0v) is 12.8. The fourth-order valence-electron chi connectivity index (χ4n) is 2.62. The summed E-state index contributed by atoms with van der Waals surface area (Å²) < 4.78 is 0. The van der Waals surface area contributed by atoms with Gasteiger partial charge in [0.1, 0.15) is 0 Å². The van der Waals surface area contributed by atoms with E-state index in [1.54, 1.807) is 11.3 Å². The second-order valence-electron chi connectivity index (χ2n) is 5.25. The van der Waals surface area contributed by atoms with Gasteiger partial charge in [0.2, 0.25) is 5.91 Å². The Bertz CT molecular complexity index is 436. The Morgan fingerprint density at radius 2 is 2.45 bits per heavy atom. The molecule has 1 aromatic rings. The fourth-order valence-corrected chi connectivity index (χ4v) is 3.23. The molecular weight excluding hydrogens is 274 g/mol. The number of hydrogen-bond acceptors (Lipinski definition) is 5. The van der Waals surface area contributed by atoms with Crippen molar-refractivity contribution in [2.45, 2.75) is 38.6 Å². The molecule has 2 heterocycles. The molecule has 1 saturated heterocycles. The first-order valence-corrected chi connectivity index (χ1v) is 8.09. The maximum absolute atomic E-state index is 11.8. The van der Waals surface area contributed by atoms with Crippen LogP contribution in [0.2, 0.25) is 0 Å². The van der Waals surface area contributed by atoms with Crippen LogP contribution in [0.4, 0.5) is 0 Å². The van der Waals surface area contributed by atoms with E-state index in [9.17, 15) is 9.90 Å². The standard InChI is InChI=1S/C14H23N3O2S/c1-11-16-12(10-20-11)8-14(19)15-5-7-17-6-3-2-4-13(17)9-18/h10,13,18H,2-9H2,1H3,(H,15,19)/t13-/m0/s1. The van der Waals surface area contributed by atoms with E-state index in [0.717, 1.165) is 30.2 Å². The minimum absolute atomic E-state index is 0.0212. The van der Waals surface area contributed by atoms with Gasteiger partial charge >= 0.3 is 0 Å². The lowest BCUT2D eigenvalue weighted by atomic mass is 10.0. The van der Waals surface area contributed by atoms with Crippen LogP contribution in [0.5, 0.6) is 0 Å². The van der Waals surface area contributed by atoms with Crippen molar-refractivity contribution in [1.82, 2.24) is 15.2 Å². The summed E-state index contributed by atoms with van der Waals surface area (Å²) in [4.78, 5) is 18.4. The highest BCUT2D eigenvalue weighted by molar-refractivity contribution is 7.09. The number of nitrogens with zero attached hydrogens (tertiary/aromatic N) is 2. The monoisotopic (exact) mass is 297 g/mol. The van der Waals surface area contributed by atoms with E-state index in [2.05, 4.69) is 15.2 Å². The van der Waals surface area contributed by atoms with Crippen LogP contribution in [0.1, 0.15) is 30.0 Å². The maximum Gasteiger partial charge on any atom is 0.226 e. The second-order valence-corrected chi connectivity index (χ2v) is 6.31. The molecule has 1 aromatic heterocycles. The molecule has 0 spiro atoms. The summed E-state index contributed by atoms with van der Waals surface area (Å²) in [6.07, 6.45) is 3.79. The van der Waals surface area contributed by atoms with Crippen molar-refractivity contribution < 1.29 is 9.90 Å². The first kappa shape index (κ1) is 15.4. The van der Waals surface area contributed by atoms with Crippen LogP contribution in [0.15, 0.2) is 5.38 Å². The minimum atomic E-state index is 0.0212. The number of rotatable bonds is 6. The van der Waals surface area contributed by atoms with Gasteiger partial charge in [-0.05, 0) is 26.3 Å². The number of aromatic nitrogens is 1. The highest BCUT2D eigenvalue weighted by Gasteiger charge is 2.21. The van der Waals surface area contributed by atoms with E-state index >= 15 is 0 Å². The van der Waals surface area contributed by atoms with Gasteiger partial charge in [-0.25, -0.2) is 4.98 Å². The molecule has 1 aliphatic heterocycles. The summed E-state index contributed by atoms with van der Waals surface area (Å²) in [6.45, 7) is 4.63. The van der Waals surface area contributed by atoms with Crippen molar-refractivity contribution in [3.05, 3.63) is 16.1 Å². The van der Waals surface area contributed by atoms with Gasteiger partial charge in [0, 0.05) is 24.5 Å². The number of nitrogens with one attached hydrogen (secondary N) is 1. The van der Waals surface area contributed by atoms with E-state index < -0.39 is 0 Å². The molecule has 6 heteroatoms. The largest absolute Gasteiger partial charge is 0.395 e. The van der Waals surface area contributed by atoms with Gasteiger partial charge in [0.05, 0.1) is 23.7 Å². The van der Waals surface area contributed by atoms with Gasteiger partial charge in [-0.1, -0.05) is 6.42 Å². The lowest BCUT2D eigenvalue weighted by Gasteiger charge is -2.34. The number of aliphatic hydroxyl groups excluding tert-OH is 1. The molecule has 1 fully saturated rings. The van der Waals surface area contributed by atoms with Gasteiger partial charge < -0.3 is 10.4 Å². The molecule has 1 atom stereocenters. The number of thiazole rings is 1. The predicted molar refractivity (Wildman–Crippen MR) is 79.9 cm³/mol. The molecule has 1 amide bonds. The van der Waals surface area contributed by atoms with Gasteiger partial charge in [-0.2, -0.15) is 0 Å². The van der Waals surface area contributed by atoms with Crippen molar-refractivity contribution in [1.29, 1.82) is 0 Å². The minimum Gasteiger partial charge on any atom is -0.395 e. The van der Waals surface area contributed by atoms with Crippen molar-refractivity contribution >= 4 is 17.2 Å². The number of carbonyl (C=O) groups is 1. The van der Waals surface area contributed by atoms with Crippen molar-refractivity contribution in [3.63, 3.8) is 0 Å². The Balaban J connectivity index is 1.68. The van der Waals surface area contributed by atoms with Gasteiger partial charge in [0.15, 0.2) is 0 Å². The molecule has 2 rings (SSSR count). The normalized spacial score (nSPS) is 20.0. The molecule has 0 aromatic carbocycles. The Morgan fingerprint density at radius 3 is 3.15 bits per heavy atom. The molecular formula is C14H23N3O2S. The summed E-state index contributed by atoms with van der Waals surface area (Å²) in [5.41, 5.74) is 0.844. The van der Waals surface area contributed by atoms with E-state index in [0.29, 0.717) is 13.0 Å². The molecule has 0 aliphatic carbocycles. The third-order valence-corrected chi connectivity index (χ3v) is 4.51. The van der Waals surface area contributed by atoms with Gasteiger partial charge in [-0.3, -0.25) is 9.69 Å². The Kier molecular flexibility index (Phi) is 5.94. The SMILES string of the molecule is Cc1nc(CC(=O)NCCN2CCCC[C@H]2CO)cs1. The predicted octanol–water partition coefficient (Wildman–Crippen LogP) is 0.957. The number of likely N-dealkylation sites (tertiary alicyclic amines) is 1. The first-order valence-electron chi connectivity index (χ1n) is 7.21. The average Bonchev–Trinajstić information content (AvgIpc) is 2.84. The highest BCUT2D eigenvalue weighted by atomic mass is 32.1. The fraction of sp³-hybridized carbons (Fsp3) is 0.714. The first-order chi connectivity index (χ1) is 9.69. The van der Waals surface area contributed by atoms with Gasteiger partial charge in [0.25, 0.3) is 0 Å². The number of carbonyl (C=O) groups excluding carboxylic acids is 1. The van der Waals surface area contributed by atoms with E-state index in [4.69, 9.17) is 0 Å². The average molecular weight is 297 g/mol. The number of piperidine rings is 1. The van der Waals surface area contributed by atoms with Crippen LogP contribution >= 0.6 is 11.3 Å². The topological polar surface area (TPSA) is 65.5 Å². The van der Waals surface area contributed by atoms with Crippen molar-refractivity contribution in [2.24, 2.45) is 0 Å². The lowest BCUT2D eigenvalue weighted by Crippen LogP contribution is -2.45. The molecule has 0 unspecified atom stereocenters. The zero-order chi connectivity index (χ0) is 14.4. The summed E-state index contributed by atoms with van der Waals surface area (Å²) in [6, 6.07) is 0.266. The molecule has 0 bridgehead atoms. The molecule has 0 saturated carbocycles. The van der Waals surface area contributed by atoms with Crippen LogP contribution in [-0.2, 0) is 11.2 Å². The molecule has 0 radical (unpaired) electrons. The zero-order valence-electron chi connectivity index (χ0n) is 12.0.